The highest BCUT2D eigenvalue weighted by molar-refractivity contribution is 7.22. The van der Waals surface area contributed by atoms with Gasteiger partial charge in [0.15, 0.2) is 5.13 Å². The van der Waals surface area contributed by atoms with E-state index in [9.17, 15) is 9.59 Å². The van der Waals surface area contributed by atoms with Crippen LogP contribution in [0, 0.1) is 5.92 Å². The van der Waals surface area contributed by atoms with Crippen LogP contribution in [0.5, 0.6) is 0 Å². The zero-order valence-electron chi connectivity index (χ0n) is 14.2. The van der Waals surface area contributed by atoms with Crippen LogP contribution in [0.1, 0.15) is 12.8 Å². The third-order valence-electron chi connectivity index (χ3n) is 4.75. The van der Waals surface area contributed by atoms with Gasteiger partial charge in [0.05, 0.1) is 16.8 Å². The molecule has 1 fully saturated rings. The van der Waals surface area contributed by atoms with Crippen LogP contribution in [-0.2, 0) is 4.79 Å². The summed E-state index contributed by atoms with van der Waals surface area (Å²) < 4.78 is 1.11. The first-order valence-corrected chi connectivity index (χ1v) is 9.65. The highest BCUT2D eigenvalue weighted by atomic mass is 35.5. The zero-order chi connectivity index (χ0) is 18.7. The number of anilines is 1. The minimum atomic E-state index is -1.11. The van der Waals surface area contributed by atoms with Crippen molar-refractivity contribution in [2.45, 2.75) is 18.9 Å². The number of hydrogen-bond donors (Lipinski definition) is 2. The fourth-order valence-electron chi connectivity index (χ4n) is 3.27. The van der Waals surface area contributed by atoms with Crippen molar-refractivity contribution in [1.29, 1.82) is 0 Å². The molecule has 0 bridgehead atoms. The minimum absolute atomic E-state index is 0.143. The van der Waals surface area contributed by atoms with Crippen LogP contribution in [-0.4, -0.2) is 59.6 Å². The first kappa shape index (κ1) is 18.9. The van der Waals surface area contributed by atoms with Crippen LogP contribution in [0.3, 0.4) is 0 Å². The number of amides is 1. The van der Waals surface area contributed by atoms with E-state index in [1.165, 1.54) is 0 Å². The molecule has 1 unspecified atom stereocenters. The fourth-order valence-corrected chi connectivity index (χ4v) is 4.43. The number of nitrogens with two attached hydrogens (primary N) is 1. The molecule has 1 aromatic heterocycles. The lowest BCUT2D eigenvalue weighted by Gasteiger charge is -2.35. The molecule has 2 aromatic rings. The summed E-state index contributed by atoms with van der Waals surface area (Å²) in [6.07, 6.45) is 1.21. The monoisotopic (exact) mass is 396 g/mol. The summed E-state index contributed by atoms with van der Waals surface area (Å²) in [6, 6.07) is 5.44. The number of carbonyl (C=O) groups is 2. The van der Waals surface area contributed by atoms with Crippen molar-refractivity contribution in [3.8, 4) is 0 Å². The average molecular weight is 397 g/mol. The number of thiazole rings is 1. The Hall–Kier alpha value is -1.90. The van der Waals surface area contributed by atoms with Gasteiger partial charge in [-0.05, 0) is 37.0 Å². The Balaban J connectivity index is 1.59. The molecular formula is C17H21ClN4O3S. The highest BCUT2D eigenvalue weighted by Crippen LogP contribution is 2.33. The van der Waals surface area contributed by atoms with Gasteiger partial charge in [-0.25, -0.2) is 9.78 Å². The molecule has 7 nitrogen and oxygen atoms in total. The van der Waals surface area contributed by atoms with Gasteiger partial charge in [-0.2, -0.15) is 0 Å². The maximum Gasteiger partial charge on any atom is 0.407 e. The lowest BCUT2D eigenvalue weighted by molar-refractivity contribution is -0.108. The van der Waals surface area contributed by atoms with Gasteiger partial charge >= 0.3 is 6.09 Å². The summed E-state index contributed by atoms with van der Waals surface area (Å²) in [5, 5.41) is 10.8. The van der Waals surface area contributed by atoms with Crippen LogP contribution in [0.4, 0.5) is 9.93 Å². The Morgan fingerprint density at radius 3 is 2.88 bits per heavy atom. The standard InChI is InChI=1S/C17H21ClN4O3S/c18-12-1-2-15-14(9-12)20-16(26-15)21-5-3-11(4-6-21)13(19)10-22(7-8-23)17(24)25/h1-2,8-9,11,13H,3-7,10,19H2,(H,24,25). The summed E-state index contributed by atoms with van der Waals surface area (Å²) in [4.78, 5) is 29.7. The van der Waals surface area contributed by atoms with Gasteiger partial charge in [0, 0.05) is 30.7 Å². The lowest BCUT2D eigenvalue weighted by atomic mass is 9.90. The van der Waals surface area contributed by atoms with Crippen molar-refractivity contribution in [2.24, 2.45) is 11.7 Å². The topological polar surface area (TPSA) is 99.8 Å². The summed E-state index contributed by atoms with van der Waals surface area (Å²) >= 11 is 7.67. The van der Waals surface area contributed by atoms with Gasteiger partial charge < -0.3 is 20.5 Å². The number of rotatable bonds is 6. The van der Waals surface area contributed by atoms with E-state index in [0.29, 0.717) is 11.3 Å². The van der Waals surface area contributed by atoms with Gasteiger partial charge in [-0.3, -0.25) is 4.90 Å². The number of halogens is 1. The predicted octanol–water partition coefficient (Wildman–Crippen LogP) is 2.67. The second-order valence-corrected chi connectivity index (χ2v) is 7.90. The third-order valence-corrected chi connectivity index (χ3v) is 6.08. The molecule has 1 saturated heterocycles. The molecule has 1 amide bonds. The molecule has 140 valence electrons. The highest BCUT2D eigenvalue weighted by Gasteiger charge is 2.28. The van der Waals surface area contributed by atoms with E-state index in [-0.39, 0.29) is 25.0 Å². The smallest absolute Gasteiger partial charge is 0.407 e. The Morgan fingerprint density at radius 2 is 2.23 bits per heavy atom. The molecule has 1 aromatic carbocycles. The van der Waals surface area contributed by atoms with Gasteiger partial charge in [0.1, 0.15) is 6.29 Å². The predicted molar refractivity (Wildman–Crippen MR) is 103 cm³/mol. The number of hydrogen-bond acceptors (Lipinski definition) is 6. The lowest BCUT2D eigenvalue weighted by Crippen LogP contribution is -2.48. The number of carboxylic acid groups (broad SMARTS) is 1. The second kappa shape index (κ2) is 8.20. The summed E-state index contributed by atoms with van der Waals surface area (Å²) in [7, 11) is 0. The van der Waals surface area contributed by atoms with Crippen molar-refractivity contribution >= 4 is 50.7 Å². The molecule has 1 atom stereocenters. The van der Waals surface area contributed by atoms with Gasteiger partial charge in [0.25, 0.3) is 0 Å². The average Bonchev–Trinajstić information content (AvgIpc) is 3.04. The summed E-state index contributed by atoms with van der Waals surface area (Å²) in [5.41, 5.74) is 7.12. The first-order chi connectivity index (χ1) is 12.5. The van der Waals surface area contributed by atoms with Crippen molar-refractivity contribution in [3.63, 3.8) is 0 Å². The Labute approximate surface area is 160 Å². The largest absolute Gasteiger partial charge is 0.465 e. The molecule has 1 aliphatic rings. The quantitative estimate of drug-likeness (QED) is 0.728. The molecule has 3 N–H and O–H groups in total. The number of piperidine rings is 1. The Morgan fingerprint density at radius 1 is 1.50 bits per heavy atom. The van der Waals surface area contributed by atoms with E-state index in [1.54, 1.807) is 11.3 Å². The molecular weight excluding hydrogens is 376 g/mol. The van der Waals surface area contributed by atoms with Crippen molar-refractivity contribution in [2.75, 3.05) is 31.1 Å². The maximum absolute atomic E-state index is 11.1. The fraction of sp³-hybridized carbons (Fsp3) is 0.471. The van der Waals surface area contributed by atoms with E-state index in [2.05, 4.69) is 9.88 Å². The molecule has 3 rings (SSSR count). The normalized spacial score (nSPS) is 16.6. The number of aromatic nitrogens is 1. The van der Waals surface area contributed by atoms with Gasteiger partial charge in [0.2, 0.25) is 0 Å². The van der Waals surface area contributed by atoms with Crippen LogP contribution >= 0.6 is 22.9 Å². The SMILES string of the molecule is NC(CN(CC=O)C(=O)O)C1CCN(c2nc3cc(Cl)ccc3s2)CC1. The van der Waals surface area contributed by atoms with Crippen molar-refractivity contribution < 1.29 is 14.7 Å². The van der Waals surface area contributed by atoms with E-state index in [1.807, 2.05) is 18.2 Å². The Bertz CT molecular complexity index is 791. The number of carbonyl (C=O) groups excluding carboxylic acids is 1. The molecule has 0 saturated carbocycles. The maximum atomic E-state index is 11.1. The summed E-state index contributed by atoms with van der Waals surface area (Å²) in [6.45, 7) is 1.69. The van der Waals surface area contributed by atoms with E-state index < -0.39 is 6.09 Å². The van der Waals surface area contributed by atoms with Gasteiger partial charge in [-0.1, -0.05) is 22.9 Å². The number of nitrogens with zero attached hydrogens (tertiary/aromatic N) is 3. The molecule has 2 heterocycles. The third kappa shape index (κ3) is 4.25. The molecule has 0 aliphatic carbocycles. The molecule has 1 aliphatic heterocycles. The number of aldehydes is 1. The summed E-state index contributed by atoms with van der Waals surface area (Å²) in [5.74, 6) is 0.226. The van der Waals surface area contributed by atoms with E-state index in [4.69, 9.17) is 22.4 Å². The van der Waals surface area contributed by atoms with Gasteiger partial charge in [-0.15, -0.1) is 0 Å². The molecule has 0 radical (unpaired) electrons. The van der Waals surface area contributed by atoms with Crippen LogP contribution < -0.4 is 10.6 Å². The molecule has 26 heavy (non-hydrogen) atoms. The second-order valence-electron chi connectivity index (χ2n) is 6.45. The molecule has 0 spiro atoms. The Kier molecular flexibility index (Phi) is 5.95. The van der Waals surface area contributed by atoms with E-state index >= 15 is 0 Å². The number of benzene rings is 1. The minimum Gasteiger partial charge on any atom is -0.465 e. The van der Waals surface area contributed by atoms with Crippen molar-refractivity contribution in [1.82, 2.24) is 9.88 Å². The van der Waals surface area contributed by atoms with Crippen LogP contribution in [0.25, 0.3) is 10.2 Å². The number of fused-ring (bicyclic) bond motifs is 1. The van der Waals surface area contributed by atoms with Crippen molar-refractivity contribution in [3.05, 3.63) is 23.2 Å². The zero-order valence-corrected chi connectivity index (χ0v) is 15.7. The van der Waals surface area contributed by atoms with Crippen LogP contribution in [0.15, 0.2) is 18.2 Å². The van der Waals surface area contributed by atoms with E-state index in [0.717, 1.165) is 46.2 Å². The molecule has 9 heteroatoms. The van der Waals surface area contributed by atoms with Crippen LogP contribution in [0.2, 0.25) is 5.02 Å². The first-order valence-electron chi connectivity index (χ1n) is 8.46.